The van der Waals surface area contributed by atoms with E-state index in [-0.39, 0.29) is 6.42 Å². The van der Waals surface area contributed by atoms with Gasteiger partial charge in [-0.05, 0) is 12.8 Å². The van der Waals surface area contributed by atoms with Crippen molar-refractivity contribution in [1.82, 2.24) is 5.32 Å². The number of carbonyl (C=O) groups excluding carboxylic acids is 1. The summed E-state index contributed by atoms with van der Waals surface area (Å²) in [5.74, 6) is -0.698. The molecule has 11 heteroatoms. The van der Waals surface area contributed by atoms with Crippen molar-refractivity contribution in [3.8, 4) is 0 Å². The van der Waals surface area contributed by atoms with Gasteiger partial charge in [-0.3, -0.25) is 4.79 Å². The van der Waals surface area contributed by atoms with Crippen LogP contribution < -0.4 is 5.32 Å². The Balaban J connectivity index is 2.54. The van der Waals surface area contributed by atoms with Gasteiger partial charge in [-0.1, -0.05) is 155 Å². The normalized spacial score (nSPS) is 23.7. The summed E-state index contributed by atoms with van der Waals surface area (Å²) in [5, 5.41) is 75.1. The second-order valence-electron chi connectivity index (χ2n) is 14.4. The van der Waals surface area contributed by atoms with Crippen LogP contribution in [0.3, 0.4) is 0 Å². The number of carbonyl (C=O) groups is 1. The van der Waals surface area contributed by atoms with Gasteiger partial charge in [0.05, 0.1) is 25.4 Å². The molecule has 11 nitrogen and oxygen atoms in total. The molecule has 0 spiro atoms. The molecule has 0 aromatic carbocycles. The van der Waals surface area contributed by atoms with Crippen LogP contribution in [-0.4, -0.2) is 110 Å². The van der Waals surface area contributed by atoms with Crippen molar-refractivity contribution in [3.05, 3.63) is 0 Å². The number of rotatable bonds is 32. The van der Waals surface area contributed by atoms with Gasteiger partial charge in [0, 0.05) is 0 Å². The van der Waals surface area contributed by atoms with E-state index in [0.29, 0.717) is 19.3 Å². The van der Waals surface area contributed by atoms with E-state index in [9.17, 15) is 40.5 Å². The molecular formula is C38H75NO10. The number of aliphatic hydroxyl groups excluding tert-OH is 7. The van der Waals surface area contributed by atoms with E-state index in [1.54, 1.807) is 0 Å². The molecule has 8 N–H and O–H groups in total. The summed E-state index contributed by atoms with van der Waals surface area (Å²) in [5.41, 5.74) is 0. The van der Waals surface area contributed by atoms with E-state index < -0.39 is 74.2 Å². The molecule has 9 unspecified atom stereocenters. The highest BCUT2D eigenvalue weighted by Gasteiger charge is 2.44. The standard InChI is InChI=1S/C38H75NO10/c1-3-5-7-9-11-13-14-15-16-18-20-22-24-26-31(42)37(47)39-29(28-48-38-36(46)35(45)34(44)32(27-40)49-38)33(43)30(41)25-23-21-19-17-12-10-8-6-4-2/h29-36,38,40-46H,3-28H2,1-2H3,(H,39,47). The Bertz CT molecular complexity index is 775. The quantitative estimate of drug-likeness (QED) is 0.0453. The number of amides is 1. The predicted molar refractivity (Wildman–Crippen MR) is 192 cm³/mol. The molecule has 1 heterocycles. The highest BCUT2D eigenvalue weighted by molar-refractivity contribution is 5.80. The van der Waals surface area contributed by atoms with Crippen molar-refractivity contribution in [2.75, 3.05) is 13.2 Å². The Kier molecular flexibility index (Phi) is 27.9. The van der Waals surface area contributed by atoms with Crippen molar-refractivity contribution in [1.29, 1.82) is 0 Å². The fraction of sp³-hybridized carbons (Fsp3) is 0.974. The van der Waals surface area contributed by atoms with E-state index in [4.69, 9.17) is 9.47 Å². The van der Waals surface area contributed by atoms with Crippen molar-refractivity contribution in [2.24, 2.45) is 0 Å². The van der Waals surface area contributed by atoms with Gasteiger partial charge in [-0.25, -0.2) is 0 Å². The molecule has 0 bridgehead atoms. The summed E-state index contributed by atoms with van der Waals surface area (Å²) >= 11 is 0. The minimum Gasteiger partial charge on any atom is -0.394 e. The van der Waals surface area contributed by atoms with Crippen LogP contribution in [0.5, 0.6) is 0 Å². The topological polar surface area (TPSA) is 189 Å². The molecule has 1 amide bonds. The van der Waals surface area contributed by atoms with Gasteiger partial charge in [0.1, 0.15) is 36.6 Å². The van der Waals surface area contributed by atoms with Gasteiger partial charge in [0.25, 0.3) is 0 Å². The molecule has 0 saturated carbocycles. The summed E-state index contributed by atoms with van der Waals surface area (Å²) in [6.45, 7) is 3.38. The Labute approximate surface area is 297 Å². The van der Waals surface area contributed by atoms with E-state index >= 15 is 0 Å². The van der Waals surface area contributed by atoms with Crippen molar-refractivity contribution < 1.29 is 50.0 Å². The Morgan fingerprint density at radius 1 is 0.633 bits per heavy atom. The molecule has 0 aromatic heterocycles. The zero-order valence-corrected chi connectivity index (χ0v) is 30.9. The largest absolute Gasteiger partial charge is 0.394 e. The first-order valence-electron chi connectivity index (χ1n) is 19.9. The number of hydrogen-bond donors (Lipinski definition) is 8. The molecule has 0 aromatic rings. The molecule has 0 aliphatic carbocycles. The van der Waals surface area contributed by atoms with E-state index in [2.05, 4.69) is 19.2 Å². The summed E-state index contributed by atoms with van der Waals surface area (Å²) in [6, 6.07) is -1.16. The molecule has 1 fully saturated rings. The first-order valence-corrected chi connectivity index (χ1v) is 19.9. The van der Waals surface area contributed by atoms with E-state index in [1.807, 2.05) is 0 Å². The van der Waals surface area contributed by atoms with E-state index in [0.717, 1.165) is 38.5 Å². The highest BCUT2D eigenvalue weighted by Crippen LogP contribution is 2.23. The third-order valence-corrected chi connectivity index (χ3v) is 9.91. The minimum absolute atomic E-state index is 0.265. The summed E-state index contributed by atoms with van der Waals surface area (Å²) in [6.07, 6.45) is 14.5. The number of ether oxygens (including phenoxy) is 2. The van der Waals surface area contributed by atoms with Gasteiger partial charge in [-0.15, -0.1) is 0 Å². The lowest BCUT2D eigenvalue weighted by molar-refractivity contribution is -0.303. The van der Waals surface area contributed by atoms with Gasteiger partial charge in [0.15, 0.2) is 6.29 Å². The summed E-state index contributed by atoms with van der Waals surface area (Å²) in [4.78, 5) is 13.0. The maximum Gasteiger partial charge on any atom is 0.249 e. The lowest BCUT2D eigenvalue weighted by Gasteiger charge is -2.40. The zero-order chi connectivity index (χ0) is 36.3. The second-order valence-corrected chi connectivity index (χ2v) is 14.4. The number of aliphatic hydroxyl groups is 7. The summed E-state index contributed by atoms with van der Waals surface area (Å²) < 4.78 is 11.0. The van der Waals surface area contributed by atoms with Crippen LogP contribution in [0.15, 0.2) is 0 Å². The number of unbranched alkanes of at least 4 members (excludes halogenated alkanes) is 20. The molecule has 0 radical (unpaired) electrons. The Morgan fingerprint density at radius 2 is 1.06 bits per heavy atom. The molecule has 1 aliphatic rings. The molecule has 49 heavy (non-hydrogen) atoms. The third-order valence-electron chi connectivity index (χ3n) is 9.91. The van der Waals surface area contributed by atoms with Crippen LogP contribution >= 0.6 is 0 Å². The zero-order valence-electron chi connectivity index (χ0n) is 30.9. The molecule has 1 saturated heterocycles. The molecule has 1 aliphatic heterocycles. The highest BCUT2D eigenvalue weighted by atomic mass is 16.7. The molecule has 9 atom stereocenters. The monoisotopic (exact) mass is 706 g/mol. The first kappa shape index (κ1) is 46.1. The minimum atomic E-state index is -1.65. The predicted octanol–water partition coefficient (Wildman–Crippen LogP) is 4.77. The average molecular weight is 706 g/mol. The van der Waals surface area contributed by atoms with E-state index in [1.165, 1.54) is 89.9 Å². The van der Waals surface area contributed by atoms with Crippen LogP contribution in [0.1, 0.15) is 168 Å². The molecular weight excluding hydrogens is 630 g/mol. The smallest absolute Gasteiger partial charge is 0.249 e. The number of hydrogen-bond acceptors (Lipinski definition) is 10. The maximum absolute atomic E-state index is 13.0. The van der Waals surface area contributed by atoms with Gasteiger partial charge in [0.2, 0.25) is 5.91 Å². The lowest BCUT2D eigenvalue weighted by Crippen LogP contribution is -2.60. The van der Waals surface area contributed by atoms with Crippen molar-refractivity contribution in [3.63, 3.8) is 0 Å². The van der Waals surface area contributed by atoms with Gasteiger partial charge < -0.3 is 50.5 Å². The van der Waals surface area contributed by atoms with Crippen molar-refractivity contribution >= 4 is 5.91 Å². The maximum atomic E-state index is 13.0. The SMILES string of the molecule is CCCCCCCCCCCCCCCC(O)C(=O)NC(COC1OC(CO)C(O)C(O)C1O)C(O)C(O)CCCCCCCCCCC. The Morgan fingerprint density at radius 3 is 1.51 bits per heavy atom. The van der Waals surface area contributed by atoms with Crippen molar-refractivity contribution in [2.45, 2.75) is 223 Å². The van der Waals surface area contributed by atoms with Crippen LogP contribution in [0.2, 0.25) is 0 Å². The van der Waals surface area contributed by atoms with Gasteiger partial charge >= 0.3 is 0 Å². The molecule has 292 valence electrons. The van der Waals surface area contributed by atoms with Crippen LogP contribution in [0.4, 0.5) is 0 Å². The van der Waals surface area contributed by atoms with Crippen LogP contribution in [-0.2, 0) is 14.3 Å². The fourth-order valence-corrected chi connectivity index (χ4v) is 6.50. The third kappa shape index (κ3) is 20.7. The average Bonchev–Trinajstić information content (AvgIpc) is 3.10. The Hall–Kier alpha value is -0.890. The molecule has 1 rings (SSSR count). The lowest BCUT2D eigenvalue weighted by atomic mass is 9.98. The van der Waals surface area contributed by atoms with Gasteiger partial charge in [-0.2, -0.15) is 0 Å². The summed E-state index contributed by atoms with van der Waals surface area (Å²) in [7, 11) is 0. The van der Waals surface area contributed by atoms with Crippen LogP contribution in [0.25, 0.3) is 0 Å². The fourth-order valence-electron chi connectivity index (χ4n) is 6.50. The first-order chi connectivity index (χ1) is 23.7. The number of nitrogens with one attached hydrogen (secondary N) is 1. The van der Waals surface area contributed by atoms with Crippen LogP contribution in [0, 0.1) is 0 Å². The second kappa shape index (κ2) is 29.7.